The van der Waals surface area contributed by atoms with Crippen LogP contribution in [0.3, 0.4) is 0 Å². The maximum atomic E-state index is 9.86. The van der Waals surface area contributed by atoms with E-state index < -0.39 is 5.79 Å². The van der Waals surface area contributed by atoms with Crippen molar-refractivity contribution in [1.29, 1.82) is 0 Å². The molecule has 0 aromatic heterocycles. The van der Waals surface area contributed by atoms with E-state index in [1.54, 1.807) is 6.92 Å². The molecule has 1 aromatic carbocycles. The van der Waals surface area contributed by atoms with Gasteiger partial charge in [0.1, 0.15) is 10.5 Å². The quantitative estimate of drug-likeness (QED) is 0.572. The van der Waals surface area contributed by atoms with Crippen LogP contribution in [-0.2, 0) is 4.43 Å². The highest BCUT2D eigenvalue weighted by molar-refractivity contribution is 5.98. The van der Waals surface area contributed by atoms with Crippen LogP contribution >= 0.6 is 0 Å². The molecular formula is C10H16O2Si. The zero-order valence-corrected chi connectivity index (χ0v) is 10.3. The molecule has 0 radical (unpaired) electrons. The van der Waals surface area contributed by atoms with Crippen LogP contribution in [0, 0.1) is 0 Å². The average Bonchev–Trinajstić information content (AvgIpc) is 2.18. The topological polar surface area (TPSA) is 29.5 Å². The molecule has 0 aliphatic carbocycles. The Hall–Kier alpha value is -0.643. The van der Waals surface area contributed by atoms with Crippen molar-refractivity contribution < 1.29 is 9.53 Å². The molecule has 1 N–H and O–H groups in total. The first-order valence-electron chi connectivity index (χ1n) is 4.40. The molecule has 0 heterocycles. The van der Waals surface area contributed by atoms with Gasteiger partial charge < -0.3 is 9.53 Å². The van der Waals surface area contributed by atoms with Gasteiger partial charge in [-0.15, -0.1) is 0 Å². The predicted molar refractivity (Wildman–Crippen MR) is 56.5 cm³/mol. The van der Waals surface area contributed by atoms with Crippen molar-refractivity contribution in [2.45, 2.75) is 25.6 Å². The molecule has 2 nitrogen and oxygen atoms in total. The summed E-state index contributed by atoms with van der Waals surface area (Å²) in [4.78, 5) is 0. The number of hydrogen-bond donors (Lipinski definition) is 1. The molecule has 0 fully saturated rings. The van der Waals surface area contributed by atoms with Gasteiger partial charge in [-0.25, -0.2) is 0 Å². The van der Waals surface area contributed by atoms with Gasteiger partial charge >= 0.3 is 0 Å². The summed E-state index contributed by atoms with van der Waals surface area (Å²) >= 11 is 0. The fourth-order valence-electron chi connectivity index (χ4n) is 1.23. The van der Waals surface area contributed by atoms with Gasteiger partial charge in [0.25, 0.3) is 0 Å². The zero-order valence-electron chi connectivity index (χ0n) is 8.32. The summed E-state index contributed by atoms with van der Waals surface area (Å²) in [5.41, 5.74) is 1.10. The Labute approximate surface area is 82.1 Å². The Bertz CT molecular complexity index is 259. The lowest BCUT2D eigenvalue weighted by atomic mass is 9.94. The molecule has 0 amide bonds. The molecule has 3 heteroatoms. The first-order valence-corrected chi connectivity index (χ1v) is 5.22. The highest BCUT2D eigenvalue weighted by Gasteiger charge is 2.28. The first kappa shape index (κ1) is 10.4. The van der Waals surface area contributed by atoms with Crippen molar-refractivity contribution >= 4 is 10.5 Å². The van der Waals surface area contributed by atoms with Gasteiger partial charge in [-0.1, -0.05) is 37.3 Å². The molecule has 0 aliphatic heterocycles. The van der Waals surface area contributed by atoms with Crippen molar-refractivity contribution in [1.82, 2.24) is 0 Å². The largest absolute Gasteiger partial charge is 0.401 e. The minimum Gasteiger partial charge on any atom is -0.401 e. The number of benzene rings is 1. The van der Waals surface area contributed by atoms with Gasteiger partial charge in [0.2, 0.25) is 0 Å². The maximum absolute atomic E-state index is 9.86. The highest BCUT2D eigenvalue weighted by atomic mass is 28.2. The lowest BCUT2D eigenvalue weighted by molar-refractivity contribution is -0.134. The summed E-state index contributed by atoms with van der Waals surface area (Å²) in [6.07, 6.45) is 0. The van der Waals surface area contributed by atoms with Gasteiger partial charge in [0.15, 0.2) is 5.79 Å². The lowest BCUT2D eigenvalue weighted by Crippen LogP contribution is -2.33. The molecule has 0 aliphatic rings. The second-order valence-corrected chi connectivity index (χ2v) is 3.80. The third-order valence-electron chi connectivity index (χ3n) is 2.52. The smallest absolute Gasteiger partial charge is 0.158 e. The van der Waals surface area contributed by atoms with Crippen molar-refractivity contribution in [2.75, 3.05) is 0 Å². The van der Waals surface area contributed by atoms with Crippen molar-refractivity contribution in [3.05, 3.63) is 35.9 Å². The van der Waals surface area contributed by atoms with Crippen molar-refractivity contribution in [3.63, 3.8) is 0 Å². The second-order valence-electron chi connectivity index (χ2n) is 3.39. The molecule has 72 valence electrons. The molecule has 1 aromatic rings. The van der Waals surface area contributed by atoms with E-state index in [1.165, 1.54) is 0 Å². The Morgan fingerprint density at radius 3 is 2.38 bits per heavy atom. The van der Waals surface area contributed by atoms with Gasteiger partial charge in [-0.2, -0.15) is 0 Å². The number of hydrogen-bond acceptors (Lipinski definition) is 2. The zero-order chi connectivity index (χ0) is 9.90. The van der Waals surface area contributed by atoms with Crippen molar-refractivity contribution in [3.8, 4) is 0 Å². The Balaban J connectivity index is 2.85. The Morgan fingerprint density at radius 2 is 1.92 bits per heavy atom. The van der Waals surface area contributed by atoms with Crippen LogP contribution < -0.4 is 0 Å². The van der Waals surface area contributed by atoms with E-state index in [1.807, 2.05) is 37.3 Å². The minimum absolute atomic E-state index is 0.00574. The van der Waals surface area contributed by atoms with E-state index >= 15 is 0 Å². The van der Waals surface area contributed by atoms with E-state index in [2.05, 4.69) is 0 Å². The molecule has 0 unspecified atom stereocenters. The van der Waals surface area contributed by atoms with Crippen LogP contribution in [-0.4, -0.2) is 21.4 Å². The van der Waals surface area contributed by atoms with Gasteiger partial charge in [0.05, 0.1) is 0 Å². The van der Waals surface area contributed by atoms with E-state index in [4.69, 9.17) is 4.43 Å². The third-order valence-corrected chi connectivity index (χ3v) is 3.34. The van der Waals surface area contributed by atoms with Crippen LogP contribution in [0.25, 0.3) is 0 Å². The summed E-state index contributed by atoms with van der Waals surface area (Å²) in [5.74, 6) is -1.03. The first-order chi connectivity index (χ1) is 6.08. The predicted octanol–water partition coefficient (Wildman–Crippen LogP) is 0.796. The van der Waals surface area contributed by atoms with E-state index in [-0.39, 0.29) is 5.92 Å². The molecular weight excluding hydrogens is 180 g/mol. The number of aliphatic hydroxyl groups is 1. The summed E-state index contributed by atoms with van der Waals surface area (Å²) in [5, 5.41) is 9.86. The summed E-state index contributed by atoms with van der Waals surface area (Å²) in [7, 11) is 0.546. The monoisotopic (exact) mass is 196 g/mol. The maximum Gasteiger partial charge on any atom is 0.158 e. The van der Waals surface area contributed by atoms with Crippen LogP contribution in [0.1, 0.15) is 25.3 Å². The summed E-state index contributed by atoms with van der Waals surface area (Å²) in [6, 6.07) is 9.90. The molecule has 0 bridgehead atoms. The van der Waals surface area contributed by atoms with E-state index in [9.17, 15) is 5.11 Å². The van der Waals surface area contributed by atoms with Crippen LogP contribution in [0.5, 0.6) is 0 Å². The highest BCUT2D eigenvalue weighted by Crippen LogP contribution is 2.27. The van der Waals surface area contributed by atoms with Gasteiger partial charge in [-0.3, -0.25) is 0 Å². The molecule has 0 saturated heterocycles. The van der Waals surface area contributed by atoms with Crippen LogP contribution in [0.4, 0.5) is 0 Å². The molecule has 2 atom stereocenters. The number of rotatable bonds is 3. The fraction of sp³-hybridized carbons (Fsp3) is 0.400. The van der Waals surface area contributed by atoms with E-state index in [0.717, 1.165) is 5.56 Å². The van der Waals surface area contributed by atoms with Gasteiger partial charge in [0, 0.05) is 5.92 Å². The lowest BCUT2D eigenvalue weighted by Gasteiger charge is -2.29. The van der Waals surface area contributed by atoms with Crippen LogP contribution in [0.2, 0.25) is 0 Å². The summed E-state index contributed by atoms with van der Waals surface area (Å²) < 4.78 is 5.15. The minimum atomic E-state index is -1.03. The van der Waals surface area contributed by atoms with Crippen LogP contribution in [0.15, 0.2) is 30.3 Å². The molecule has 0 spiro atoms. The summed E-state index contributed by atoms with van der Waals surface area (Å²) in [6.45, 7) is 3.67. The molecule has 0 saturated carbocycles. The normalized spacial score (nSPS) is 18.1. The van der Waals surface area contributed by atoms with Crippen molar-refractivity contribution in [2.24, 2.45) is 0 Å². The Morgan fingerprint density at radius 1 is 1.38 bits per heavy atom. The second kappa shape index (κ2) is 4.04. The standard InChI is InChI=1S/C10H16O2Si/c1-8(10(2,11)12-13)9-6-4-3-5-7-9/h3-8,11H,1-2,13H3/t8-,10-/m1/s1. The fourth-order valence-corrected chi connectivity index (χ4v) is 1.58. The molecule has 1 rings (SSSR count). The Kier molecular flexibility index (Phi) is 3.25. The molecule has 13 heavy (non-hydrogen) atoms. The van der Waals surface area contributed by atoms with E-state index in [0.29, 0.717) is 10.5 Å². The third kappa shape index (κ3) is 2.40. The van der Waals surface area contributed by atoms with Gasteiger partial charge in [-0.05, 0) is 12.5 Å². The SMILES string of the molecule is C[C@H](c1ccccc1)[C@](C)(O)O[SiH3]. The average molecular weight is 196 g/mol.